The van der Waals surface area contributed by atoms with Crippen molar-refractivity contribution in [1.29, 1.82) is 0 Å². The van der Waals surface area contributed by atoms with Crippen molar-refractivity contribution in [3.8, 4) is 0 Å². The SMILES string of the molecule is Cc1ccc(C(=O)CC(=O)c2cc[c-]o2)o1.O=[S-](=O)[O-].[Na+]. The number of Topliss-reactive ketones (excluding diaryl/α,β-unsaturated/α-hetero) is 2. The molecule has 0 aliphatic heterocycles. The normalized spacial score (nSPS) is 9.48. The molecule has 9 heteroatoms. The number of aryl methyl sites for hydroxylation is 1. The van der Waals surface area contributed by atoms with E-state index < -0.39 is 11.0 Å². The number of ketones is 2. The summed E-state index contributed by atoms with van der Waals surface area (Å²) < 4.78 is 35.2. The summed E-state index contributed by atoms with van der Waals surface area (Å²) in [7, 11) is -3.11. The van der Waals surface area contributed by atoms with Crippen molar-refractivity contribution >= 4 is 22.6 Å². The third-order valence-electron chi connectivity index (χ3n) is 2.08. The molecule has 21 heavy (non-hydrogen) atoms. The topological polar surface area (TPSA) is 118 Å². The van der Waals surface area contributed by atoms with E-state index in [9.17, 15) is 9.59 Å². The first kappa shape index (κ1) is 19.8. The molecule has 2 aromatic heterocycles. The van der Waals surface area contributed by atoms with Crippen molar-refractivity contribution < 1.29 is 61.0 Å². The molecule has 0 atom stereocenters. The van der Waals surface area contributed by atoms with Crippen molar-refractivity contribution in [2.75, 3.05) is 0 Å². The number of furan rings is 2. The molecule has 0 aliphatic rings. The Bertz CT molecular complexity index is 647. The van der Waals surface area contributed by atoms with Crippen molar-refractivity contribution in [2.24, 2.45) is 0 Å². The number of carbonyl (C=O) groups excluding carboxylic acids is 2. The molecule has 108 valence electrons. The van der Waals surface area contributed by atoms with E-state index >= 15 is 0 Å². The van der Waals surface area contributed by atoms with Gasteiger partial charge < -0.3 is 26.6 Å². The first-order valence-electron chi connectivity index (χ1n) is 5.25. The second kappa shape index (κ2) is 9.69. The molecule has 0 aromatic carbocycles. The van der Waals surface area contributed by atoms with Crippen LogP contribution in [0.5, 0.6) is 0 Å². The molecule has 0 saturated carbocycles. The van der Waals surface area contributed by atoms with E-state index in [1.807, 2.05) is 0 Å². The van der Waals surface area contributed by atoms with Crippen LogP contribution in [0, 0.1) is 13.2 Å². The predicted molar refractivity (Wildman–Crippen MR) is 63.8 cm³/mol. The Labute approximate surface area is 144 Å². The smallest absolute Gasteiger partial charge is 0.917 e. The average molecular weight is 320 g/mol. The van der Waals surface area contributed by atoms with Gasteiger partial charge in [-0.15, -0.1) is 6.07 Å². The summed E-state index contributed by atoms with van der Waals surface area (Å²) in [5.74, 6) is 0.245. The molecule has 0 saturated heterocycles. The number of carbonyl (C=O) groups is 2. The Morgan fingerprint density at radius 3 is 2.19 bits per heavy atom. The van der Waals surface area contributed by atoms with Gasteiger partial charge in [0.05, 0.1) is 6.42 Å². The van der Waals surface area contributed by atoms with E-state index in [0.717, 1.165) is 0 Å². The first-order chi connectivity index (χ1) is 9.40. The van der Waals surface area contributed by atoms with Crippen LogP contribution in [-0.4, -0.2) is 16.1 Å². The van der Waals surface area contributed by atoms with Gasteiger partial charge in [-0.3, -0.25) is 4.79 Å². The maximum Gasteiger partial charge on any atom is 1.00 e. The van der Waals surface area contributed by atoms with Crippen LogP contribution in [0.2, 0.25) is 0 Å². The molecule has 0 aliphatic carbocycles. The zero-order chi connectivity index (χ0) is 15.1. The molecule has 0 N–H and O–H groups in total. The van der Waals surface area contributed by atoms with Crippen molar-refractivity contribution in [3.63, 3.8) is 0 Å². The number of hydrogen-bond acceptors (Lipinski definition) is 8. The van der Waals surface area contributed by atoms with Crippen LogP contribution in [0.3, 0.4) is 0 Å². The van der Waals surface area contributed by atoms with Crippen LogP contribution in [0.4, 0.5) is 0 Å². The van der Waals surface area contributed by atoms with Gasteiger partial charge in [-0.25, -0.2) is 0 Å². The van der Waals surface area contributed by atoms with Crippen LogP contribution >= 0.6 is 0 Å². The van der Waals surface area contributed by atoms with Gasteiger partial charge in [0.2, 0.25) is 5.78 Å². The van der Waals surface area contributed by atoms with Crippen molar-refractivity contribution in [2.45, 2.75) is 13.3 Å². The van der Waals surface area contributed by atoms with Crippen LogP contribution in [-0.2, 0) is 19.4 Å². The molecule has 2 aromatic rings. The second-order valence-corrected chi connectivity index (χ2v) is 3.96. The summed E-state index contributed by atoms with van der Waals surface area (Å²) >= 11 is 0. The molecule has 2 rings (SSSR count). The Hall–Kier alpha value is -1.19. The third kappa shape index (κ3) is 7.39. The molecule has 0 radical (unpaired) electrons. The Morgan fingerprint density at radius 2 is 1.76 bits per heavy atom. The fourth-order valence-electron chi connectivity index (χ4n) is 1.30. The maximum atomic E-state index is 11.6. The van der Waals surface area contributed by atoms with E-state index in [1.165, 1.54) is 12.1 Å². The monoisotopic (exact) mass is 320 g/mol. The predicted octanol–water partition coefficient (Wildman–Crippen LogP) is -1.13. The summed E-state index contributed by atoms with van der Waals surface area (Å²) in [6.45, 7) is 1.74. The Morgan fingerprint density at radius 1 is 1.19 bits per heavy atom. The fourth-order valence-corrected chi connectivity index (χ4v) is 1.30. The van der Waals surface area contributed by atoms with Gasteiger partial charge in [0.25, 0.3) is 0 Å². The molecule has 0 spiro atoms. The fraction of sp³-hybridized carbons (Fsp3) is 0.167. The van der Waals surface area contributed by atoms with Crippen molar-refractivity contribution in [1.82, 2.24) is 0 Å². The van der Waals surface area contributed by atoms with E-state index in [-0.39, 0.29) is 59.1 Å². The largest absolute Gasteiger partial charge is 1.00 e. The Kier molecular flexibility index (Phi) is 9.14. The molecular formula is C12H9NaO7S-2. The van der Waals surface area contributed by atoms with Gasteiger partial charge in [-0.1, -0.05) is 0 Å². The summed E-state index contributed by atoms with van der Waals surface area (Å²) in [4.78, 5) is 23.1. The minimum Gasteiger partial charge on any atom is -0.917 e. The van der Waals surface area contributed by atoms with Gasteiger partial charge in [0, 0.05) is 5.76 Å². The zero-order valence-electron chi connectivity index (χ0n) is 11.3. The summed E-state index contributed by atoms with van der Waals surface area (Å²) in [6.07, 6.45) is 2.14. The average Bonchev–Trinajstić information content (AvgIpc) is 2.98. The van der Waals surface area contributed by atoms with Crippen LogP contribution in [0.1, 0.15) is 33.3 Å². The van der Waals surface area contributed by atoms with E-state index in [1.54, 1.807) is 19.1 Å². The van der Waals surface area contributed by atoms with Gasteiger partial charge in [0.15, 0.2) is 5.76 Å². The molecule has 0 amide bonds. The first-order valence-corrected chi connectivity index (χ1v) is 6.25. The molecule has 0 fully saturated rings. The molecule has 0 unspecified atom stereocenters. The molecule has 7 nitrogen and oxygen atoms in total. The van der Waals surface area contributed by atoms with E-state index in [4.69, 9.17) is 21.8 Å². The molecule has 2 heterocycles. The third-order valence-corrected chi connectivity index (χ3v) is 2.08. The quantitative estimate of drug-likeness (QED) is 0.133. The molecule has 0 bridgehead atoms. The Balaban J connectivity index is 0.000000715. The van der Waals surface area contributed by atoms with Gasteiger partial charge in [0.1, 0.15) is 11.5 Å². The number of hydrogen-bond donors (Lipinski definition) is 0. The van der Waals surface area contributed by atoms with Crippen molar-refractivity contribution in [3.05, 3.63) is 47.8 Å². The van der Waals surface area contributed by atoms with Crippen LogP contribution in [0.25, 0.3) is 0 Å². The minimum atomic E-state index is -3.11. The van der Waals surface area contributed by atoms with Gasteiger partial charge in [-0.2, -0.15) is 17.1 Å². The number of rotatable bonds is 4. The maximum absolute atomic E-state index is 11.6. The standard InChI is InChI=1S/C12H9O4.Na.O3S/c1-8-4-5-12(16-8)10(14)7-9(13)11-3-2-6-15-11;;1-4(2)3/h2-5H,7H2,1H3;;/q-1;+1;-2. The van der Waals surface area contributed by atoms with E-state index in [2.05, 4.69) is 6.26 Å². The summed E-state index contributed by atoms with van der Waals surface area (Å²) in [5, 5.41) is 0. The van der Waals surface area contributed by atoms with Crippen LogP contribution in [0.15, 0.2) is 33.1 Å². The van der Waals surface area contributed by atoms with Crippen LogP contribution < -0.4 is 29.6 Å². The summed E-state index contributed by atoms with van der Waals surface area (Å²) in [6, 6.07) is 6.19. The van der Waals surface area contributed by atoms with E-state index in [0.29, 0.717) is 5.76 Å². The summed E-state index contributed by atoms with van der Waals surface area (Å²) in [5.41, 5.74) is 0. The minimum absolute atomic E-state index is 0. The second-order valence-electron chi connectivity index (χ2n) is 3.56. The zero-order valence-corrected chi connectivity index (χ0v) is 14.1. The van der Waals surface area contributed by atoms with Gasteiger partial charge in [-0.05, 0) is 25.3 Å². The van der Waals surface area contributed by atoms with Gasteiger partial charge >= 0.3 is 29.6 Å². The molecular weight excluding hydrogens is 311 g/mol.